The number of hydrogen-bond acceptors (Lipinski definition) is 3. The molecule has 1 atom stereocenters. The van der Waals surface area contributed by atoms with Crippen molar-refractivity contribution in [3.8, 4) is 0 Å². The summed E-state index contributed by atoms with van der Waals surface area (Å²) >= 11 is 11.6. The number of carbonyl (C=O) groups excluding carboxylic acids is 1. The quantitative estimate of drug-likeness (QED) is 0.778. The van der Waals surface area contributed by atoms with E-state index in [0.717, 1.165) is 0 Å². The van der Waals surface area contributed by atoms with E-state index in [9.17, 15) is 9.59 Å². The molecular weight excluding hydrogens is 295 g/mol. The van der Waals surface area contributed by atoms with Crippen LogP contribution in [-0.4, -0.2) is 36.9 Å². The molecule has 0 saturated carbocycles. The minimum atomic E-state index is -1.20. The number of hydrogen-bond donors (Lipinski definition) is 3. The van der Waals surface area contributed by atoms with Gasteiger partial charge in [-0.1, -0.05) is 23.2 Å². The first-order valence-electron chi connectivity index (χ1n) is 5.18. The van der Waals surface area contributed by atoms with Crippen molar-refractivity contribution in [1.82, 2.24) is 5.32 Å². The summed E-state index contributed by atoms with van der Waals surface area (Å²) in [7, 11) is 1.34. The SMILES string of the molecule is COCC(NC(=O)Nc1ccc(Cl)cc1Cl)C(=O)O. The van der Waals surface area contributed by atoms with Crippen molar-refractivity contribution in [2.75, 3.05) is 19.0 Å². The van der Waals surface area contributed by atoms with Crippen LogP contribution in [-0.2, 0) is 9.53 Å². The third-order valence-electron chi connectivity index (χ3n) is 2.12. The van der Waals surface area contributed by atoms with Gasteiger partial charge in [-0.15, -0.1) is 0 Å². The van der Waals surface area contributed by atoms with Crippen molar-refractivity contribution in [2.24, 2.45) is 0 Å². The van der Waals surface area contributed by atoms with E-state index in [1.165, 1.54) is 19.2 Å². The summed E-state index contributed by atoms with van der Waals surface area (Å²) in [6.07, 6.45) is 0. The molecule has 8 heteroatoms. The van der Waals surface area contributed by atoms with E-state index in [2.05, 4.69) is 15.4 Å². The van der Waals surface area contributed by atoms with Crippen LogP contribution >= 0.6 is 23.2 Å². The van der Waals surface area contributed by atoms with Gasteiger partial charge in [0, 0.05) is 12.1 Å². The predicted octanol–water partition coefficient (Wildman–Crippen LogP) is 2.21. The molecule has 3 N–H and O–H groups in total. The first-order valence-corrected chi connectivity index (χ1v) is 5.94. The van der Waals surface area contributed by atoms with E-state index in [1.54, 1.807) is 6.07 Å². The third kappa shape index (κ3) is 4.94. The monoisotopic (exact) mass is 306 g/mol. The molecule has 6 nitrogen and oxygen atoms in total. The number of nitrogens with one attached hydrogen (secondary N) is 2. The minimum absolute atomic E-state index is 0.142. The van der Waals surface area contributed by atoms with Crippen molar-refractivity contribution >= 4 is 40.9 Å². The molecule has 0 saturated heterocycles. The summed E-state index contributed by atoms with van der Waals surface area (Å²) in [5, 5.41) is 14.2. The number of halogens is 2. The Morgan fingerprint density at radius 2 is 2.11 bits per heavy atom. The van der Waals surface area contributed by atoms with Crippen LogP contribution in [0.15, 0.2) is 18.2 Å². The summed E-state index contributed by atoms with van der Waals surface area (Å²) in [4.78, 5) is 22.4. The third-order valence-corrected chi connectivity index (χ3v) is 2.66. The average molecular weight is 307 g/mol. The molecular formula is C11H12Cl2N2O4. The molecule has 104 valence electrons. The molecule has 0 fully saturated rings. The highest BCUT2D eigenvalue weighted by atomic mass is 35.5. The van der Waals surface area contributed by atoms with Gasteiger partial charge in [0.2, 0.25) is 0 Å². The van der Waals surface area contributed by atoms with Gasteiger partial charge < -0.3 is 20.5 Å². The normalized spacial score (nSPS) is 11.7. The number of anilines is 1. The lowest BCUT2D eigenvalue weighted by atomic mass is 10.3. The molecule has 0 heterocycles. The van der Waals surface area contributed by atoms with Crippen molar-refractivity contribution in [3.63, 3.8) is 0 Å². The molecule has 1 rings (SSSR count). The smallest absolute Gasteiger partial charge is 0.328 e. The molecule has 1 aromatic rings. The highest BCUT2D eigenvalue weighted by Crippen LogP contribution is 2.25. The minimum Gasteiger partial charge on any atom is -0.480 e. The molecule has 19 heavy (non-hydrogen) atoms. The number of ether oxygens (including phenoxy) is 1. The second kappa shape index (κ2) is 7.18. The van der Waals surface area contributed by atoms with Gasteiger partial charge in [0.15, 0.2) is 6.04 Å². The number of methoxy groups -OCH3 is 1. The summed E-state index contributed by atoms with van der Waals surface area (Å²) in [5.41, 5.74) is 0.324. The molecule has 0 aliphatic carbocycles. The number of carboxylic acid groups (broad SMARTS) is 1. The van der Waals surface area contributed by atoms with Crippen molar-refractivity contribution in [2.45, 2.75) is 6.04 Å². The molecule has 0 aromatic heterocycles. The molecule has 1 unspecified atom stereocenters. The van der Waals surface area contributed by atoms with Crippen LogP contribution in [0.2, 0.25) is 10.0 Å². The summed E-state index contributed by atoms with van der Waals surface area (Å²) < 4.78 is 4.69. The van der Waals surface area contributed by atoms with Gasteiger partial charge in [0.1, 0.15) is 0 Å². The molecule has 1 aromatic carbocycles. The van der Waals surface area contributed by atoms with Crippen LogP contribution in [0.3, 0.4) is 0 Å². The highest BCUT2D eigenvalue weighted by molar-refractivity contribution is 6.36. The Balaban J connectivity index is 2.66. The van der Waals surface area contributed by atoms with E-state index in [1.807, 2.05) is 0 Å². The summed E-state index contributed by atoms with van der Waals surface area (Å²) in [6, 6.07) is 2.68. The molecule has 0 aliphatic rings. The van der Waals surface area contributed by atoms with Crippen LogP contribution in [0.5, 0.6) is 0 Å². The standard InChI is InChI=1S/C11H12Cl2N2O4/c1-19-5-9(10(16)17)15-11(18)14-8-3-2-6(12)4-7(8)13/h2-4,9H,5H2,1H3,(H,16,17)(H2,14,15,18). The Labute approximate surface area is 119 Å². The predicted molar refractivity (Wildman–Crippen MR) is 71.9 cm³/mol. The molecule has 2 amide bonds. The van der Waals surface area contributed by atoms with Gasteiger partial charge in [-0.05, 0) is 18.2 Å². The van der Waals surface area contributed by atoms with E-state index in [-0.39, 0.29) is 11.6 Å². The number of aliphatic carboxylic acids is 1. The fourth-order valence-corrected chi connectivity index (χ4v) is 1.70. The maximum absolute atomic E-state index is 11.6. The van der Waals surface area contributed by atoms with E-state index >= 15 is 0 Å². The number of urea groups is 1. The lowest BCUT2D eigenvalue weighted by Gasteiger charge is -2.14. The van der Waals surface area contributed by atoms with Crippen molar-refractivity contribution in [1.29, 1.82) is 0 Å². The number of benzene rings is 1. The maximum Gasteiger partial charge on any atom is 0.328 e. The van der Waals surface area contributed by atoms with E-state index < -0.39 is 18.0 Å². The first-order chi connectivity index (χ1) is 8.93. The zero-order valence-electron chi connectivity index (χ0n) is 9.94. The number of carbonyl (C=O) groups is 2. The van der Waals surface area contributed by atoms with Crippen LogP contribution in [0.4, 0.5) is 10.5 Å². The Kier molecular flexibility index (Phi) is 5.88. The van der Waals surface area contributed by atoms with Gasteiger partial charge in [-0.3, -0.25) is 0 Å². The van der Waals surface area contributed by atoms with E-state index in [0.29, 0.717) is 10.7 Å². The topological polar surface area (TPSA) is 87.7 Å². The van der Waals surface area contributed by atoms with Crippen LogP contribution in [0, 0.1) is 0 Å². The molecule has 0 radical (unpaired) electrons. The number of rotatable bonds is 5. The second-order valence-corrected chi connectivity index (χ2v) is 4.41. The lowest BCUT2D eigenvalue weighted by molar-refractivity contribution is -0.140. The van der Waals surface area contributed by atoms with Gasteiger partial charge in [-0.2, -0.15) is 0 Å². The summed E-state index contributed by atoms with van der Waals surface area (Å²) in [5.74, 6) is -1.20. The Morgan fingerprint density at radius 1 is 1.42 bits per heavy atom. The Hall–Kier alpha value is -1.50. The van der Waals surface area contributed by atoms with Crippen LogP contribution in [0.25, 0.3) is 0 Å². The second-order valence-electron chi connectivity index (χ2n) is 3.57. The number of amides is 2. The highest BCUT2D eigenvalue weighted by Gasteiger charge is 2.19. The van der Waals surface area contributed by atoms with Crippen molar-refractivity contribution < 1.29 is 19.4 Å². The lowest BCUT2D eigenvalue weighted by Crippen LogP contribution is -2.45. The fraction of sp³-hybridized carbons (Fsp3) is 0.273. The maximum atomic E-state index is 11.6. The zero-order valence-corrected chi connectivity index (χ0v) is 11.5. The van der Waals surface area contributed by atoms with E-state index in [4.69, 9.17) is 28.3 Å². The fourth-order valence-electron chi connectivity index (χ4n) is 1.25. The van der Waals surface area contributed by atoms with Gasteiger partial charge in [0.25, 0.3) is 0 Å². The first kappa shape index (κ1) is 15.6. The van der Waals surface area contributed by atoms with Gasteiger partial charge in [-0.25, -0.2) is 9.59 Å². The Bertz CT molecular complexity index is 482. The Morgan fingerprint density at radius 3 is 2.63 bits per heavy atom. The number of carboxylic acids is 1. The molecule has 0 aliphatic heterocycles. The molecule has 0 spiro atoms. The van der Waals surface area contributed by atoms with Crippen LogP contribution < -0.4 is 10.6 Å². The van der Waals surface area contributed by atoms with Crippen molar-refractivity contribution in [3.05, 3.63) is 28.2 Å². The van der Waals surface area contributed by atoms with Crippen LogP contribution in [0.1, 0.15) is 0 Å². The zero-order chi connectivity index (χ0) is 14.4. The molecule has 0 bridgehead atoms. The largest absolute Gasteiger partial charge is 0.480 e. The summed E-state index contributed by atoms with van der Waals surface area (Å²) in [6.45, 7) is -0.142. The van der Waals surface area contributed by atoms with Gasteiger partial charge >= 0.3 is 12.0 Å². The average Bonchev–Trinajstić information content (AvgIpc) is 2.32. The van der Waals surface area contributed by atoms with Gasteiger partial charge in [0.05, 0.1) is 17.3 Å².